The fraction of sp³-hybridized carbons (Fsp3) is 0.480. The van der Waals surface area contributed by atoms with Crippen molar-refractivity contribution in [3.8, 4) is 0 Å². The molecule has 0 unspecified atom stereocenters. The van der Waals surface area contributed by atoms with Gasteiger partial charge >= 0.3 is 0 Å². The molecular weight excluding hydrogens is 455 g/mol. The number of nitrogens with one attached hydrogen (secondary N) is 2. The van der Waals surface area contributed by atoms with Crippen LogP contribution in [0.25, 0.3) is 0 Å². The van der Waals surface area contributed by atoms with E-state index >= 15 is 0 Å². The topological polar surface area (TPSA) is 83.0 Å². The molecule has 0 spiro atoms. The summed E-state index contributed by atoms with van der Waals surface area (Å²) in [6, 6.07) is 13.3. The van der Waals surface area contributed by atoms with Crippen molar-refractivity contribution in [2.75, 3.05) is 32.5 Å². The lowest BCUT2D eigenvalue weighted by atomic mass is 9.97. The van der Waals surface area contributed by atoms with Gasteiger partial charge in [0.2, 0.25) is 10.0 Å². The summed E-state index contributed by atoms with van der Waals surface area (Å²) in [6.07, 6.45) is 0.288. The van der Waals surface area contributed by atoms with Gasteiger partial charge in [-0.05, 0) is 65.0 Å². The average Bonchev–Trinajstić information content (AvgIpc) is 2.71. The Morgan fingerprint density at radius 2 is 1.82 bits per heavy atom. The second-order valence-corrected chi connectivity index (χ2v) is 11.0. The summed E-state index contributed by atoms with van der Waals surface area (Å²) in [5.74, 6) is -0.398. The van der Waals surface area contributed by atoms with Crippen LogP contribution in [0.1, 0.15) is 45.4 Å². The number of benzene rings is 2. The van der Waals surface area contributed by atoms with Crippen LogP contribution in [0.4, 0.5) is 10.1 Å². The van der Waals surface area contributed by atoms with E-state index in [-0.39, 0.29) is 19.9 Å². The van der Waals surface area contributed by atoms with Crippen LogP contribution in [0, 0.1) is 5.82 Å². The van der Waals surface area contributed by atoms with Crippen molar-refractivity contribution in [2.45, 2.75) is 51.5 Å². The first-order valence-corrected chi connectivity index (χ1v) is 12.5. The molecule has 34 heavy (non-hydrogen) atoms. The van der Waals surface area contributed by atoms with E-state index in [0.29, 0.717) is 5.56 Å². The van der Waals surface area contributed by atoms with E-state index in [4.69, 9.17) is 4.74 Å². The number of hydrogen-bond donors (Lipinski definition) is 2. The standard InChI is InChI=1S/C24H33FN4O3S.CH4/c1-17(20-8-6-7-9-21(20)25)27-23-28-33(30,31)22(24(2,3)32-23)16-18-10-12-19(13-11-18)26-14-15-29(4)5;/h6-13,17,22,26H,14-16H2,1-5H3,(H,27,28);1H4/t17-,22+;/m0./s1. The molecule has 0 aliphatic carbocycles. The Hall–Kier alpha value is -2.65. The number of amidine groups is 1. The fourth-order valence-corrected chi connectivity index (χ4v) is 5.45. The van der Waals surface area contributed by atoms with Gasteiger partial charge in [0.1, 0.15) is 16.7 Å². The van der Waals surface area contributed by atoms with Gasteiger partial charge in [-0.25, -0.2) is 22.5 Å². The minimum atomic E-state index is -3.77. The zero-order chi connectivity index (χ0) is 24.2. The van der Waals surface area contributed by atoms with Crippen molar-refractivity contribution in [3.05, 3.63) is 65.5 Å². The molecule has 0 amide bonds. The highest BCUT2D eigenvalue weighted by Crippen LogP contribution is 2.30. The lowest BCUT2D eigenvalue weighted by Gasteiger charge is -2.39. The third kappa shape index (κ3) is 6.93. The van der Waals surface area contributed by atoms with Gasteiger partial charge in [0.15, 0.2) is 0 Å². The molecule has 1 aliphatic rings. The van der Waals surface area contributed by atoms with Crippen LogP contribution in [0.15, 0.2) is 53.5 Å². The Kier molecular flexibility index (Phi) is 9.08. The van der Waals surface area contributed by atoms with Crippen molar-refractivity contribution in [3.63, 3.8) is 0 Å². The van der Waals surface area contributed by atoms with Gasteiger partial charge in [0, 0.05) is 24.3 Å². The lowest BCUT2D eigenvalue weighted by Crippen LogP contribution is -2.59. The summed E-state index contributed by atoms with van der Waals surface area (Å²) in [5.41, 5.74) is 1.21. The Morgan fingerprint density at radius 3 is 2.41 bits per heavy atom. The molecule has 1 saturated heterocycles. The summed E-state index contributed by atoms with van der Waals surface area (Å²) in [6.45, 7) is 6.89. The minimum Gasteiger partial charge on any atom is -0.457 e. The SMILES string of the molecule is C.C[C@H](N=C1NS(=O)(=O)[C@H](Cc2ccc(NCCN(C)C)cc2)C(C)(C)O1)c1ccccc1F. The molecule has 3 rings (SSSR count). The Balaban J connectivity index is 0.00000408. The summed E-state index contributed by atoms with van der Waals surface area (Å²) in [4.78, 5) is 6.40. The number of sulfonamides is 1. The first-order valence-electron chi connectivity index (χ1n) is 11.0. The molecule has 2 aromatic carbocycles. The molecule has 0 saturated carbocycles. The van der Waals surface area contributed by atoms with Gasteiger partial charge in [-0.1, -0.05) is 37.8 Å². The third-order valence-electron chi connectivity index (χ3n) is 5.67. The van der Waals surface area contributed by atoms with Gasteiger partial charge in [-0.15, -0.1) is 0 Å². The summed E-state index contributed by atoms with van der Waals surface area (Å²) < 4.78 is 48.7. The van der Waals surface area contributed by atoms with Crippen molar-refractivity contribution in [2.24, 2.45) is 4.99 Å². The number of rotatable bonds is 8. The van der Waals surface area contributed by atoms with Crippen molar-refractivity contribution >= 4 is 21.7 Å². The van der Waals surface area contributed by atoms with Crippen LogP contribution in [-0.2, 0) is 21.2 Å². The van der Waals surface area contributed by atoms with Crippen LogP contribution in [0.2, 0.25) is 0 Å². The number of nitrogens with zero attached hydrogens (tertiary/aromatic N) is 2. The molecule has 9 heteroatoms. The molecule has 0 radical (unpaired) electrons. The summed E-state index contributed by atoms with van der Waals surface area (Å²) in [5, 5.41) is 2.52. The Labute approximate surface area is 203 Å². The molecule has 2 aromatic rings. The highest BCUT2D eigenvalue weighted by molar-refractivity contribution is 7.90. The van der Waals surface area contributed by atoms with E-state index in [1.807, 2.05) is 38.4 Å². The maximum absolute atomic E-state index is 14.1. The predicted octanol–water partition coefficient (Wildman–Crippen LogP) is 4.19. The third-order valence-corrected chi connectivity index (χ3v) is 7.61. The molecule has 2 atom stereocenters. The van der Waals surface area contributed by atoms with E-state index in [1.54, 1.807) is 39.0 Å². The number of ether oxygens (including phenoxy) is 1. The Bertz CT molecular complexity index is 1090. The first kappa shape index (κ1) is 27.6. The molecule has 1 heterocycles. The molecule has 0 bridgehead atoms. The zero-order valence-corrected chi connectivity index (χ0v) is 20.6. The summed E-state index contributed by atoms with van der Waals surface area (Å²) >= 11 is 0. The Morgan fingerprint density at radius 1 is 1.18 bits per heavy atom. The van der Waals surface area contributed by atoms with Crippen LogP contribution < -0.4 is 10.0 Å². The molecule has 0 aromatic heterocycles. The van der Waals surface area contributed by atoms with Crippen LogP contribution in [-0.4, -0.2) is 57.4 Å². The first-order chi connectivity index (χ1) is 15.5. The number of halogens is 1. The van der Waals surface area contributed by atoms with Crippen molar-refractivity contribution in [1.29, 1.82) is 0 Å². The van der Waals surface area contributed by atoms with Crippen molar-refractivity contribution in [1.82, 2.24) is 9.62 Å². The van der Waals surface area contributed by atoms with E-state index in [9.17, 15) is 12.8 Å². The van der Waals surface area contributed by atoms with E-state index in [0.717, 1.165) is 24.3 Å². The second-order valence-electron chi connectivity index (χ2n) is 9.10. The summed E-state index contributed by atoms with van der Waals surface area (Å²) in [7, 11) is 0.265. The van der Waals surface area contributed by atoms with E-state index < -0.39 is 32.7 Å². The fourth-order valence-electron chi connectivity index (χ4n) is 3.77. The number of hydrogen-bond acceptors (Lipinski definition) is 6. The van der Waals surface area contributed by atoms with Gasteiger partial charge < -0.3 is 15.0 Å². The monoisotopic (exact) mass is 492 g/mol. The second kappa shape index (κ2) is 11.2. The molecule has 1 aliphatic heterocycles. The normalized spacial score (nSPS) is 20.7. The molecule has 7 nitrogen and oxygen atoms in total. The molecule has 1 fully saturated rings. The van der Waals surface area contributed by atoms with Gasteiger partial charge in [0.25, 0.3) is 6.02 Å². The molecule has 2 N–H and O–H groups in total. The average molecular weight is 493 g/mol. The van der Waals surface area contributed by atoms with Crippen LogP contribution in [0.5, 0.6) is 0 Å². The maximum Gasteiger partial charge on any atom is 0.299 e. The largest absolute Gasteiger partial charge is 0.457 e. The maximum atomic E-state index is 14.1. The predicted molar refractivity (Wildman–Crippen MR) is 137 cm³/mol. The van der Waals surface area contributed by atoms with Gasteiger partial charge in [0.05, 0.1) is 6.04 Å². The molecule has 188 valence electrons. The molecular formula is C25H37FN4O3S. The number of aliphatic imine (C=N–C) groups is 1. The smallest absolute Gasteiger partial charge is 0.299 e. The van der Waals surface area contributed by atoms with Crippen LogP contribution in [0.3, 0.4) is 0 Å². The minimum absolute atomic E-state index is 0. The van der Waals surface area contributed by atoms with Crippen LogP contribution >= 0.6 is 0 Å². The number of likely N-dealkylation sites (N-methyl/N-ethyl adjacent to an activating group) is 1. The van der Waals surface area contributed by atoms with E-state index in [2.05, 4.69) is 19.9 Å². The number of anilines is 1. The zero-order valence-electron chi connectivity index (χ0n) is 19.8. The van der Waals surface area contributed by atoms with Crippen molar-refractivity contribution < 1.29 is 17.5 Å². The highest BCUT2D eigenvalue weighted by atomic mass is 32.2. The van der Waals surface area contributed by atoms with E-state index in [1.165, 1.54) is 6.07 Å². The van der Waals surface area contributed by atoms with Gasteiger partial charge in [-0.2, -0.15) is 0 Å². The highest BCUT2D eigenvalue weighted by Gasteiger charge is 2.47. The quantitative estimate of drug-likeness (QED) is 0.577. The van der Waals surface area contributed by atoms with Gasteiger partial charge in [-0.3, -0.25) is 0 Å². The lowest BCUT2D eigenvalue weighted by molar-refractivity contribution is 0.0762.